The van der Waals surface area contributed by atoms with Crippen LogP contribution in [0.1, 0.15) is 15.9 Å². The molecule has 180 valence electrons. The minimum Gasteiger partial charge on any atom is -0.496 e. The second-order valence-electron chi connectivity index (χ2n) is 7.27. The number of halogens is 1. The Morgan fingerprint density at radius 1 is 0.971 bits per heavy atom. The number of benzene rings is 3. The average Bonchev–Trinajstić information content (AvgIpc) is 2.79. The van der Waals surface area contributed by atoms with Gasteiger partial charge >= 0.3 is 0 Å². The first-order valence-corrected chi connectivity index (χ1v) is 13.1. The number of ether oxygens (including phenoxy) is 1. The van der Waals surface area contributed by atoms with E-state index in [1.165, 1.54) is 74.8 Å². The van der Waals surface area contributed by atoms with E-state index in [0.29, 0.717) is 22.0 Å². The first kappa shape index (κ1) is 25.7. The molecule has 0 spiro atoms. The fraction of sp³-hybridized carbons (Fsp3) is 0.136. The van der Waals surface area contributed by atoms with Crippen molar-refractivity contribution in [2.45, 2.75) is 16.3 Å². The molecule has 3 rings (SSSR count). The number of primary sulfonamides is 1. The van der Waals surface area contributed by atoms with Crippen LogP contribution in [-0.4, -0.2) is 41.2 Å². The highest BCUT2D eigenvalue weighted by Crippen LogP contribution is 2.25. The number of methoxy groups -OCH3 is 1. The molecule has 0 aliphatic heterocycles. The SMILES string of the molecule is COc1ccc(C(=O)Nc2ccc(S(N)(=O)=O)cc2)cc1CN(C)S(=O)(=O)c1ccc(Cl)cc1. The van der Waals surface area contributed by atoms with Crippen LogP contribution >= 0.6 is 11.6 Å². The third kappa shape index (κ3) is 5.93. The molecule has 9 nitrogen and oxygen atoms in total. The topological polar surface area (TPSA) is 136 Å². The Balaban J connectivity index is 1.82. The summed E-state index contributed by atoms with van der Waals surface area (Å²) < 4.78 is 55.1. The third-order valence-electron chi connectivity index (χ3n) is 4.90. The van der Waals surface area contributed by atoms with Gasteiger partial charge in [-0.2, -0.15) is 4.31 Å². The summed E-state index contributed by atoms with van der Waals surface area (Å²) in [5.41, 5.74) is 1.08. The number of carbonyl (C=O) groups excluding carboxylic acids is 1. The van der Waals surface area contributed by atoms with Crippen molar-refractivity contribution >= 4 is 43.2 Å². The summed E-state index contributed by atoms with van der Waals surface area (Å²) in [6.45, 7) is -0.0572. The first-order valence-electron chi connectivity index (χ1n) is 9.75. The van der Waals surface area contributed by atoms with Crippen LogP contribution < -0.4 is 15.2 Å². The van der Waals surface area contributed by atoms with Gasteiger partial charge in [0.15, 0.2) is 0 Å². The van der Waals surface area contributed by atoms with Crippen molar-refractivity contribution in [2.24, 2.45) is 5.14 Å². The lowest BCUT2D eigenvalue weighted by Gasteiger charge is -2.19. The van der Waals surface area contributed by atoms with E-state index in [2.05, 4.69) is 5.32 Å². The van der Waals surface area contributed by atoms with Crippen LogP contribution in [0.4, 0.5) is 5.69 Å². The Morgan fingerprint density at radius 3 is 2.12 bits per heavy atom. The highest BCUT2D eigenvalue weighted by Gasteiger charge is 2.23. The van der Waals surface area contributed by atoms with Crippen LogP contribution in [0, 0.1) is 0 Å². The Labute approximate surface area is 203 Å². The molecular formula is C22H22ClN3O6S2. The van der Waals surface area contributed by atoms with E-state index in [1.807, 2.05) is 0 Å². The molecule has 0 aliphatic carbocycles. The lowest BCUT2D eigenvalue weighted by Crippen LogP contribution is -2.27. The number of anilines is 1. The van der Waals surface area contributed by atoms with E-state index in [-0.39, 0.29) is 21.9 Å². The van der Waals surface area contributed by atoms with Gasteiger partial charge in [-0.05, 0) is 66.7 Å². The van der Waals surface area contributed by atoms with E-state index in [1.54, 1.807) is 6.07 Å². The number of carbonyl (C=O) groups is 1. The average molecular weight is 524 g/mol. The van der Waals surface area contributed by atoms with Crippen LogP contribution in [0.2, 0.25) is 5.02 Å². The van der Waals surface area contributed by atoms with E-state index in [4.69, 9.17) is 21.5 Å². The zero-order valence-corrected chi connectivity index (χ0v) is 20.6. The van der Waals surface area contributed by atoms with Gasteiger partial charge in [-0.1, -0.05) is 11.6 Å². The summed E-state index contributed by atoms with van der Waals surface area (Å²) in [5, 5.41) is 8.15. The van der Waals surface area contributed by atoms with Crippen molar-refractivity contribution in [1.29, 1.82) is 0 Å². The fourth-order valence-electron chi connectivity index (χ4n) is 3.09. The molecule has 0 bridgehead atoms. The molecule has 34 heavy (non-hydrogen) atoms. The quantitative estimate of drug-likeness (QED) is 0.465. The smallest absolute Gasteiger partial charge is 0.255 e. The van der Waals surface area contributed by atoms with Crippen LogP contribution in [0.25, 0.3) is 0 Å². The minimum absolute atomic E-state index is 0.0572. The standard InChI is InChI=1S/C22H22ClN3O6S2/c1-26(34(30,31)20-8-4-17(23)5-9-20)14-16-13-15(3-12-21(16)32-2)22(27)25-18-6-10-19(11-7-18)33(24,28)29/h3-13H,14H2,1-2H3,(H,25,27)(H2,24,28,29). The molecule has 0 heterocycles. The molecule has 0 aromatic heterocycles. The van der Waals surface area contributed by atoms with E-state index >= 15 is 0 Å². The van der Waals surface area contributed by atoms with Gasteiger partial charge in [0.05, 0.1) is 16.9 Å². The summed E-state index contributed by atoms with van der Waals surface area (Å²) in [7, 11) is -4.80. The van der Waals surface area contributed by atoms with Gasteiger partial charge in [-0.3, -0.25) is 4.79 Å². The Hall–Kier alpha value is -2.96. The van der Waals surface area contributed by atoms with Crippen LogP contribution in [0.3, 0.4) is 0 Å². The summed E-state index contributed by atoms with van der Waals surface area (Å²) in [6.07, 6.45) is 0. The number of nitrogens with two attached hydrogens (primary N) is 1. The predicted octanol–water partition coefficient (Wildman–Crippen LogP) is 3.07. The highest BCUT2D eigenvalue weighted by atomic mass is 35.5. The van der Waals surface area contributed by atoms with Gasteiger partial charge in [0.2, 0.25) is 20.0 Å². The van der Waals surface area contributed by atoms with Crippen LogP contribution in [0.15, 0.2) is 76.5 Å². The number of hydrogen-bond donors (Lipinski definition) is 2. The van der Waals surface area contributed by atoms with Crippen LogP contribution in [-0.2, 0) is 26.6 Å². The van der Waals surface area contributed by atoms with Gasteiger partial charge in [0.1, 0.15) is 5.75 Å². The summed E-state index contributed by atoms with van der Waals surface area (Å²) in [4.78, 5) is 12.7. The number of sulfonamides is 2. The second kappa shape index (κ2) is 10.1. The highest BCUT2D eigenvalue weighted by molar-refractivity contribution is 7.89. The summed E-state index contributed by atoms with van der Waals surface area (Å²) in [5.74, 6) is -0.0670. The lowest BCUT2D eigenvalue weighted by atomic mass is 10.1. The summed E-state index contributed by atoms with van der Waals surface area (Å²) >= 11 is 5.85. The minimum atomic E-state index is -3.85. The van der Waals surface area contributed by atoms with Crippen LogP contribution in [0.5, 0.6) is 5.75 Å². The van der Waals surface area contributed by atoms with Gasteiger partial charge in [0.25, 0.3) is 5.91 Å². The van der Waals surface area contributed by atoms with E-state index in [0.717, 1.165) is 4.31 Å². The number of rotatable bonds is 8. The Morgan fingerprint density at radius 2 is 1.56 bits per heavy atom. The first-order chi connectivity index (χ1) is 15.9. The molecule has 0 radical (unpaired) electrons. The molecule has 0 fully saturated rings. The van der Waals surface area contributed by atoms with Crippen molar-refractivity contribution in [3.8, 4) is 5.75 Å². The maximum Gasteiger partial charge on any atom is 0.255 e. The van der Waals surface area contributed by atoms with E-state index < -0.39 is 26.0 Å². The maximum absolute atomic E-state index is 12.9. The van der Waals surface area contributed by atoms with Crippen molar-refractivity contribution < 1.29 is 26.4 Å². The number of nitrogens with zero attached hydrogens (tertiary/aromatic N) is 1. The van der Waals surface area contributed by atoms with Crippen molar-refractivity contribution in [1.82, 2.24) is 4.31 Å². The molecular weight excluding hydrogens is 502 g/mol. The molecule has 0 saturated heterocycles. The zero-order chi connectivity index (χ0) is 25.1. The predicted molar refractivity (Wildman–Crippen MR) is 129 cm³/mol. The normalized spacial score (nSPS) is 11.9. The lowest BCUT2D eigenvalue weighted by molar-refractivity contribution is 0.102. The largest absolute Gasteiger partial charge is 0.496 e. The molecule has 0 aliphatic rings. The summed E-state index contributed by atoms with van der Waals surface area (Å²) in [6, 6.07) is 15.8. The van der Waals surface area contributed by atoms with Gasteiger partial charge < -0.3 is 10.1 Å². The molecule has 1 amide bonds. The van der Waals surface area contributed by atoms with Gasteiger partial charge in [-0.25, -0.2) is 22.0 Å². The second-order valence-corrected chi connectivity index (χ2v) is 11.3. The Kier molecular flexibility index (Phi) is 7.64. The molecule has 3 N–H and O–H groups in total. The molecule has 0 unspecified atom stereocenters. The van der Waals surface area contributed by atoms with Gasteiger partial charge in [0, 0.05) is 35.4 Å². The van der Waals surface area contributed by atoms with Crippen molar-refractivity contribution in [3.63, 3.8) is 0 Å². The molecule has 0 saturated carbocycles. The molecule has 12 heteroatoms. The van der Waals surface area contributed by atoms with Crippen molar-refractivity contribution in [3.05, 3.63) is 82.9 Å². The van der Waals surface area contributed by atoms with Crippen molar-refractivity contribution in [2.75, 3.05) is 19.5 Å². The van der Waals surface area contributed by atoms with E-state index in [9.17, 15) is 21.6 Å². The Bertz CT molecular complexity index is 1410. The monoisotopic (exact) mass is 523 g/mol. The number of nitrogens with one attached hydrogen (secondary N) is 1. The zero-order valence-electron chi connectivity index (χ0n) is 18.2. The fourth-order valence-corrected chi connectivity index (χ4v) is 4.88. The maximum atomic E-state index is 12.9. The number of hydrogen-bond acceptors (Lipinski definition) is 6. The molecule has 0 atom stereocenters. The van der Waals surface area contributed by atoms with Gasteiger partial charge in [-0.15, -0.1) is 0 Å². The number of amides is 1. The molecule has 3 aromatic rings. The molecule has 3 aromatic carbocycles. The third-order valence-corrected chi connectivity index (χ3v) is 7.90.